The lowest BCUT2D eigenvalue weighted by molar-refractivity contribution is -0.144. The Hall–Kier alpha value is -0.975. The molecule has 1 aliphatic rings. The summed E-state index contributed by atoms with van der Waals surface area (Å²) in [4.78, 5) is 11.3. The van der Waals surface area contributed by atoms with Gasteiger partial charge in [0.15, 0.2) is 0 Å². The van der Waals surface area contributed by atoms with Crippen LogP contribution in [0, 0.1) is 23.1 Å². The Morgan fingerprint density at radius 3 is 2.69 bits per heavy atom. The fraction of sp³-hybridized carbons (Fsp3) is 0.833. The monoisotopic (exact) mass is 221 g/mol. The Morgan fingerprint density at radius 1 is 1.56 bits per heavy atom. The van der Waals surface area contributed by atoms with E-state index in [-0.39, 0.29) is 12.7 Å². The topological polar surface area (TPSA) is 50.1 Å². The highest BCUT2D eigenvalue weighted by Gasteiger charge is 2.28. The summed E-state index contributed by atoms with van der Waals surface area (Å²) in [6.07, 6.45) is 4.68. The van der Waals surface area contributed by atoms with Crippen molar-refractivity contribution in [1.29, 1.82) is 5.26 Å². The Bertz CT molecular complexity index is 267. The quantitative estimate of drug-likeness (QED) is 0.541. The Kier molecular flexibility index (Phi) is 5.38. The van der Waals surface area contributed by atoms with Crippen LogP contribution in [0.25, 0.3) is 0 Å². The van der Waals surface area contributed by atoms with Gasteiger partial charge in [-0.15, -0.1) is 0 Å². The van der Waals surface area contributed by atoms with Crippen LogP contribution in [0.2, 0.25) is 12.6 Å². The predicted octanol–water partition coefficient (Wildman–Crippen LogP) is 2.54. The number of nitriles is 1. The summed E-state index contributed by atoms with van der Waals surface area (Å²) in [5, 5.41) is 8.81. The highest BCUT2D eigenvalue weighted by Crippen LogP contribution is 2.32. The summed E-state index contributed by atoms with van der Waals surface area (Å²) in [6, 6.07) is 0. The van der Waals surface area contributed by atoms with Crippen LogP contribution in [0.4, 0.5) is 0 Å². The zero-order valence-electron chi connectivity index (χ0n) is 10.2. The molecule has 0 aromatic rings. The first kappa shape index (κ1) is 13.1. The second-order valence-corrected chi connectivity index (χ2v) is 4.73. The molecule has 1 saturated heterocycles. The highest BCUT2D eigenvalue weighted by molar-refractivity contribution is 6.67. The molecule has 0 spiro atoms. The van der Waals surface area contributed by atoms with Gasteiger partial charge in [-0.25, -0.2) is 5.26 Å². The van der Waals surface area contributed by atoms with Crippen molar-refractivity contribution >= 4 is 12.7 Å². The Labute approximate surface area is 98.2 Å². The van der Waals surface area contributed by atoms with Crippen LogP contribution >= 0.6 is 0 Å². The molecule has 0 bridgehead atoms. The van der Waals surface area contributed by atoms with E-state index in [2.05, 4.69) is 12.9 Å². The molecule has 0 radical (unpaired) electrons. The Balaban J connectivity index is 2.30. The fourth-order valence-electron chi connectivity index (χ4n) is 2.47. The van der Waals surface area contributed by atoms with Gasteiger partial charge in [-0.05, 0) is 18.8 Å². The van der Waals surface area contributed by atoms with Crippen molar-refractivity contribution in [3.8, 4) is 5.97 Å². The van der Waals surface area contributed by atoms with Crippen molar-refractivity contribution in [2.75, 3.05) is 6.61 Å². The minimum absolute atomic E-state index is 0.0857. The zero-order chi connectivity index (χ0) is 12.0. The van der Waals surface area contributed by atoms with Gasteiger partial charge < -0.3 is 4.74 Å². The van der Waals surface area contributed by atoms with Crippen LogP contribution in [0.3, 0.4) is 0 Å². The maximum Gasteiger partial charge on any atom is 0.306 e. The summed E-state index contributed by atoms with van der Waals surface area (Å²) in [6.45, 7) is 4.66. The first-order chi connectivity index (χ1) is 7.67. The van der Waals surface area contributed by atoms with E-state index in [9.17, 15) is 4.79 Å². The average Bonchev–Trinajstić information content (AvgIpc) is 2.29. The summed E-state index contributed by atoms with van der Waals surface area (Å²) in [7, 11) is 0. The molecule has 88 valence electrons. The molecule has 1 unspecified atom stereocenters. The van der Waals surface area contributed by atoms with Crippen LogP contribution in [0.5, 0.6) is 0 Å². The molecule has 1 fully saturated rings. The molecule has 1 aliphatic heterocycles. The number of rotatable bonds is 4. The number of nitrogens with zero attached hydrogens (tertiary/aromatic N) is 1. The molecular weight excluding hydrogens is 201 g/mol. The van der Waals surface area contributed by atoms with Crippen molar-refractivity contribution in [3.05, 3.63) is 0 Å². The molecule has 1 heterocycles. The second kappa shape index (κ2) is 6.57. The van der Waals surface area contributed by atoms with Gasteiger partial charge in [-0.2, -0.15) is 0 Å². The summed E-state index contributed by atoms with van der Waals surface area (Å²) in [5.41, 5.74) is 0. The molecule has 0 saturated carbocycles. The second-order valence-electron chi connectivity index (χ2n) is 4.73. The molecule has 0 amide bonds. The lowest BCUT2D eigenvalue weighted by Gasteiger charge is -2.28. The third kappa shape index (κ3) is 3.88. The van der Waals surface area contributed by atoms with Crippen LogP contribution in [0.15, 0.2) is 0 Å². The van der Waals surface area contributed by atoms with Crippen molar-refractivity contribution in [1.82, 2.24) is 0 Å². The van der Waals surface area contributed by atoms with Gasteiger partial charge >= 0.3 is 5.97 Å². The van der Waals surface area contributed by atoms with E-state index >= 15 is 0 Å². The van der Waals surface area contributed by atoms with Gasteiger partial charge in [0.25, 0.3) is 6.71 Å². The lowest BCUT2D eigenvalue weighted by atomic mass is 9.41. The van der Waals surface area contributed by atoms with E-state index in [1.807, 2.05) is 6.92 Å². The van der Waals surface area contributed by atoms with E-state index < -0.39 is 0 Å². The van der Waals surface area contributed by atoms with Gasteiger partial charge in [0, 0.05) is 12.4 Å². The molecule has 16 heavy (non-hydrogen) atoms. The minimum atomic E-state index is -0.0857. The largest absolute Gasteiger partial charge is 0.466 e. The van der Waals surface area contributed by atoms with Crippen molar-refractivity contribution in [2.45, 2.75) is 45.8 Å². The third-order valence-electron chi connectivity index (χ3n) is 3.55. The number of hydrogen-bond donors (Lipinski definition) is 0. The fourth-order valence-corrected chi connectivity index (χ4v) is 2.47. The van der Waals surface area contributed by atoms with E-state index in [0.29, 0.717) is 24.9 Å². The summed E-state index contributed by atoms with van der Waals surface area (Å²) in [5.74, 6) is 3.23. The SMILES string of the molecule is CCOC(=O)CC(C)C1CCB(C#N)CC1. The van der Waals surface area contributed by atoms with Gasteiger partial charge in [-0.3, -0.25) is 4.79 Å². The molecule has 0 N–H and O–H groups in total. The van der Waals surface area contributed by atoms with Crippen molar-refractivity contribution in [3.63, 3.8) is 0 Å². The Morgan fingerprint density at radius 2 is 2.19 bits per heavy atom. The lowest BCUT2D eigenvalue weighted by Crippen LogP contribution is -2.25. The van der Waals surface area contributed by atoms with E-state index in [1.54, 1.807) is 0 Å². The summed E-state index contributed by atoms with van der Waals surface area (Å²) < 4.78 is 4.95. The van der Waals surface area contributed by atoms with Crippen molar-refractivity contribution < 1.29 is 9.53 Å². The zero-order valence-corrected chi connectivity index (χ0v) is 10.2. The van der Waals surface area contributed by atoms with E-state index in [1.165, 1.54) is 0 Å². The predicted molar refractivity (Wildman–Crippen MR) is 64.1 cm³/mol. The standard InChI is InChI=1S/C12H20BNO2/c1-3-16-12(15)8-10(2)11-4-6-13(9-14)7-5-11/h10-11H,3-8H2,1-2H3. The third-order valence-corrected chi connectivity index (χ3v) is 3.55. The number of esters is 1. The maximum atomic E-state index is 11.3. The van der Waals surface area contributed by atoms with Crippen molar-refractivity contribution in [2.24, 2.45) is 11.8 Å². The first-order valence-corrected chi connectivity index (χ1v) is 6.22. The molecule has 4 heteroatoms. The number of ether oxygens (including phenoxy) is 1. The number of hydrogen-bond acceptors (Lipinski definition) is 3. The summed E-state index contributed by atoms with van der Waals surface area (Å²) >= 11 is 0. The molecule has 0 aliphatic carbocycles. The van der Waals surface area contributed by atoms with E-state index in [0.717, 1.165) is 25.5 Å². The minimum Gasteiger partial charge on any atom is -0.466 e. The number of carbonyl (C=O) groups is 1. The number of carbonyl (C=O) groups excluding carboxylic acids is 1. The van der Waals surface area contributed by atoms with Crippen LogP contribution in [-0.4, -0.2) is 19.3 Å². The van der Waals surface area contributed by atoms with Crippen LogP contribution < -0.4 is 0 Å². The van der Waals surface area contributed by atoms with Gasteiger partial charge in [-0.1, -0.05) is 32.4 Å². The molecule has 0 aromatic heterocycles. The van der Waals surface area contributed by atoms with Gasteiger partial charge in [0.1, 0.15) is 0 Å². The average molecular weight is 221 g/mol. The smallest absolute Gasteiger partial charge is 0.306 e. The van der Waals surface area contributed by atoms with Gasteiger partial charge in [0.05, 0.1) is 6.61 Å². The molecule has 3 nitrogen and oxygen atoms in total. The molecular formula is C12H20BNO2. The molecule has 0 aromatic carbocycles. The van der Waals surface area contributed by atoms with Crippen LogP contribution in [0.1, 0.15) is 33.1 Å². The normalized spacial score (nSPS) is 18.9. The molecule has 1 atom stereocenters. The first-order valence-electron chi connectivity index (χ1n) is 6.22. The van der Waals surface area contributed by atoms with Crippen LogP contribution in [-0.2, 0) is 9.53 Å². The molecule has 1 rings (SSSR count). The highest BCUT2D eigenvalue weighted by atomic mass is 16.5. The van der Waals surface area contributed by atoms with Gasteiger partial charge in [0.2, 0.25) is 0 Å². The maximum absolute atomic E-state index is 11.3. The van der Waals surface area contributed by atoms with E-state index in [4.69, 9.17) is 10.00 Å².